The molecule has 4 heteroatoms. The molecule has 112 valence electrons. The molecule has 3 unspecified atom stereocenters. The zero-order valence-corrected chi connectivity index (χ0v) is 12.4. The first kappa shape index (κ1) is 14.1. The molecule has 0 aromatic carbocycles. The fourth-order valence-corrected chi connectivity index (χ4v) is 3.90. The highest BCUT2D eigenvalue weighted by atomic mass is 16.2. The minimum atomic E-state index is -0.240. The third-order valence-corrected chi connectivity index (χ3v) is 5.12. The van der Waals surface area contributed by atoms with Gasteiger partial charge in [0.25, 0.3) is 0 Å². The SMILES string of the molecule is CCCC1CC1NC1CC(=O)N(C2CCCCC2)C1=O. The van der Waals surface area contributed by atoms with Crippen molar-refractivity contribution in [2.75, 3.05) is 0 Å². The molecule has 0 radical (unpaired) electrons. The Balaban J connectivity index is 1.56. The number of likely N-dealkylation sites (tertiary alicyclic amines) is 1. The molecule has 0 spiro atoms. The van der Waals surface area contributed by atoms with Crippen molar-refractivity contribution >= 4 is 11.8 Å². The Labute approximate surface area is 121 Å². The monoisotopic (exact) mass is 278 g/mol. The second-order valence-corrected chi connectivity index (χ2v) is 6.71. The summed E-state index contributed by atoms with van der Waals surface area (Å²) in [5.41, 5.74) is 0. The molecule has 2 aliphatic carbocycles. The van der Waals surface area contributed by atoms with E-state index in [0.29, 0.717) is 12.5 Å². The van der Waals surface area contributed by atoms with Crippen molar-refractivity contribution in [1.29, 1.82) is 0 Å². The molecule has 4 nitrogen and oxygen atoms in total. The van der Waals surface area contributed by atoms with Gasteiger partial charge in [-0.25, -0.2) is 0 Å². The average molecular weight is 278 g/mol. The molecule has 2 amide bonds. The maximum absolute atomic E-state index is 12.5. The average Bonchev–Trinajstić information content (AvgIpc) is 3.10. The van der Waals surface area contributed by atoms with Gasteiger partial charge in [0.05, 0.1) is 12.5 Å². The van der Waals surface area contributed by atoms with Gasteiger partial charge in [0, 0.05) is 12.1 Å². The lowest BCUT2D eigenvalue weighted by atomic mass is 9.94. The van der Waals surface area contributed by atoms with Gasteiger partial charge in [0.2, 0.25) is 11.8 Å². The summed E-state index contributed by atoms with van der Waals surface area (Å²) in [6.45, 7) is 2.20. The Morgan fingerprint density at radius 1 is 1.20 bits per heavy atom. The van der Waals surface area contributed by atoms with E-state index in [1.165, 1.54) is 25.7 Å². The molecule has 20 heavy (non-hydrogen) atoms. The van der Waals surface area contributed by atoms with Crippen LogP contribution in [0.4, 0.5) is 0 Å². The van der Waals surface area contributed by atoms with Gasteiger partial charge in [-0.3, -0.25) is 14.5 Å². The lowest BCUT2D eigenvalue weighted by molar-refractivity contribution is -0.142. The van der Waals surface area contributed by atoms with Crippen molar-refractivity contribution in [1.82, 2.24) is 10.2 Å². The maximum Gasteiger partial charge on any atom is 0.247 e. The summed E-state index contributed by atoms with van der Waals surface area (Å²) in [5, 5.41) is 3.42. The minimum Gasteiger partial charge on any atom is -0.302 e. The molecular weight excluding hydrogens is 252 g/mol. The Hall–Kier alpha value is -0.900. The highest BCUT2D eigenvalue weighted by Gasteiger charge is 2.46. The van der Waals surface area contributed by atoms with Crippen molar-refractivity contribution in [2.45, 2.75) is 82.8 Å². The Kier molecular flexibility index (Phi) is 4.11. The molecular formula is C16H26N2O2. The van der Waals surface area contributed by atoms with Crippen molar-refractivity contribution in [2.24, 2.45) is 5.92 Å². The van der Waals surface area contributed by atoms with Gasteiger partial charge >= 0.3 is 0 Å². The van der Waals surface area contributed by atoms with E-state index in [4.69, 9.17) is 0 Å². The predicted octanol–water partition coefficient (Wildman–Crippen LogP) is 2.22. The number of nitrogens with one attached hydrogen (secondary N) is 1. The van der Waals surface area contributed by atoms with Crippen LogP contribution >= 0.6 is 0 Å². The van der Waals surface area contributed by atoms with E-state index in [0.717, 1.165) is 31.6 Å². The summed E-state index contributed by atoms with van der Waals surface area (Å²) in [4.78, 5) is 26.2. The Morgan fingerprint density at radius 3 is 2.65 bits per heavy atom. The fourth-order valence-electron chi connectivity index (χ4n) is 3.90. The summed E-state index contributed by atoms with van der Waals surface area (Å²) in [7, 11) is 0. The summed E-state index contributed by atoms with van der Waals surface area (Å²) in [6.07, 6.45) is 9.56. The number of carbonyl (C=O) groups is 2. The number of imide groups is 1. The zero-order chi connectivity index (χ0) is 14.1. The van der Waals surface area contributed by atoms with Crippen LogP contribution in [0.25, 0.3) is 0 Å². The lowest BCUT2D eigenvalue weighted by Gasteiger charge is -2.29. The molecule has 3 fully saturated rings. The molecule has 1 heterocycles. The zero-order valence-electron chi connectivity index (χ0n) is 12.4. The first-order valence-corrected chi connectivity index (χ1v) is 8.32. The number of rotatable bonds is 5. The normalized spacial score (nSPS) is 34.9. The van der Waals surface area contributed by atoms with Crippen LogP contribution in [0.2, 0.25) is 0 Å². The number of hydrogen-bond acceptors (Lipinski definition) is 3. The van der Waals surface area contributed by atoms with Crippen LogP contribution in [0.3, 0.4) is 0 Å². The molecule has 3 rings (SSSR count). The summed E-state index contributed by atoms with van der Waals surface area (Å²) < 4.78 is 0. The molecule has 3 atom stereocenters. The quantitative estimate of drug-likeness (QED) is 0.785. The van der Waals surface area contributed by atoms with Crippen LogP contribution in [0.1, 0.15) is 64.7 Å². The number of carbonyl (C=O) groups excluding carboxylic acids is 2. The first-order valence-electron chi connectivity index (χ1n) is 8.32. The molecule has 2 saturated carbocycles. The topological polar surface area (TPSA) is 49.4 Å². The van der Waals surface area contributed by atoms with Gasteiger partial charge in [0.15, 0.2) is 0 Å². The third-order valence-electron chi connectivity index (χ3n) is 5.12. The van der Waals surface area contributed by atoms with Crippen LogP contribution < -0.4 is 5.32 Å². The van der Waals surface area contributed by atoms with Gasteiger partial charge in [-0.05, 0) is 31.6 Å². The van der Waals surface area contributed by atoms with E-state index in [1.807, 2.05) is 0 Å². The predicted molar refractivity (Wildman–Crippen MR) is 77.1 cm³/mol. The van der Waals surface area contributed by atoms with Gasteiger partial charge in [-0.15, -0.1) is 0 Å². The van der Waals surface area contributed by atoms with Crippen LogP contribution in [0.5, 0.6) is 0 Å². The Morgan fingerprint density at radius 2 is 1.95 bits per heavy atom. The van der Waals surface area contributed by atoms with Gasteiger partial charge in [-0.1, -0.05) is 32.6 Å². The van der Waals surface area contributed by atoms with Crippen molar-refractivity contribution in [3.8, 4) is 0 Å². The van der Waals surface area contributed by atoms with E-state index < -0.39 is 0 Å². The summed E-state index contributed by atoms with van der Waals surface area (Å²) in [6, 6.07) is 0.417. The van der Waals surface area contributed by atoms with Gasteiger partial charge in [-0.2, -0.15) is 0 Å². The standard InChI is InChI=1S/C16H26N2O2/c1-2-6-11-9-13(11)17-14-10-15(19)18(16(14)20)12-7-4-3-5-8-12/h11-14,17H,2-10H2,1H3. The van der Waals surface area contributed by atoms with E-state index in [9.17, 15) is 9.59 Å². The molecule has 0 aromatic rings. The molecule has 1 aliphatic heterocycles. The van der Waals surface area contributed by atoms with Gasteiger partial charge in [0.1, 0.15) is 0 Å². The van der Waals surface area contributed by atoms with Gasteiger partial charge < -0.3 is 5.32 Å². The summed E-state index contributed by atoms with van der Waals surface area (Å²) in [5.74, 6) is 0.822. The van der Waals surface area contributed by atoms with Crippen LogP contribution in [0, 0.1) is 5.92 Å². The van der Waals surface area contributed by atoms with E-state index >= 15 is 0 Å². The summed E-state index contributed by atoms with van der Waals surface area (Å²) >= 11 is 0. The number of nitrogens with zero attached hydrogens (tertiary/aromatic N) is 1. The van der Waals surface area contributed by atoms with E-state index in [-0.39, 0.29) is 23.9 Å². The van der Waals surface area contributed by atoms with Crippen molar-refractivity contribution in [3.05, 3.63) is 0 Å². The van der Waals surface area contributed by atoms with Crippen molar-refractivity contribution < 1.29 is 9.59 Å². The Bertz CT molecular complexity index is 390. The highest BCUT2D eigenvalue weighted by molar-refractivity contribution is 6.05. The smallest absolute Gasteiger partial charge is 0.247 e. The highest BCUT2D eigenvalue weighted by Crippen LogP contribution is 2.36. The van der Waals surface area contributed by atoms with Crippen LogP contribution in [-0.2, 0) is 9.59 Å². The number of hydrogen-bond donors (Lipinski definition) is 1. The molecule has 0 aromatic heterocycles. The second kappa shape index (κ2) is 5.84. The van der Waals surface area contributed by atoms with Crippen LogP contribution in [-0.4, -0.2) is 34.8 Å². The molecule has 1 saturated heterocycles. The molecule has 1 N–H and O–H groups in total. The maximum atomic E-state index is 12.5. The minimum absolute atomic E-state index is 0.0454. The molecule has 3 aliphatic rings. The molecule has 0 bridgehead atoms. The second-order valence-electron chi connectivity index (χ2n) is 6.71. The lowest BCUT2D eigenvalue weighted by Crippen LogP contribution is -2.45. The van der Waals surface area contributed by atoms with E-state index in [2.05, 4.69) is 12.2 Å². The first-order chi connectivity index (χ1) is 9.70. The van der Waals surface area contributed by atoms with Crippen LogP contribution in [0.15, 0.2) is 0 Å². The fraction of sp³-hybridized carbons (Fsp3) is 0.875. The van der Waals surface area contributed by atoms with E-state index in [1.54, 1.807) is 4.90 Å². The number of amides is 2. The van der Waals surface area contributed by atoms with Crippen molar-refractivity contribution in [3.63, 3.8) is 0 Å². The largest absolute Gasteiger partial charge is 0.302 e. The third kappa shape index (κ3) is 2.76.